The lowest BCUT2D eigenvalue weighted by Crippen LogP contribution is -2.05. The molecule has 1 atom stereocenters. The fourth-order valence-electron chi connectivity index (χ4n) is 1.68. The minimum absolute atomic E-state index is 0.0884. The Morgan fingerprint density at radius 2 is 1.85 bits per heavy atom. The first-order chi connectivity index (χ1) is 9.35. The van der Waals surface area contributed by atoms with Crippen LogP contribution in [0.25, 0.3) is 0 Å². The van der Waals surface area contributed by atoms with Gasteiger partial charge in [-0.2, -0.15) is 13.2 Å². The predicted octanol–water partition coefficient (Wildman–Crippen LogP) is 6.30. The number of anilines is 1. The highest BCUT2D eigenvalue weighted by atomic mass is 79.9. The molecular formula is C13H11BrF3NS2. The molecule has 0 saturated heterocycles. The summed E-state index contributed by atoms with van der Waals surface area (Å²) >= 11 is 4.99. The highest BCUT2D eigenvalue weighted by Gasteiger charge is 2.29. The Labute approximate surface area is 131 Å². The lowest BCUT2D eigenvalue weighted by atomic mass is 10.2. The highest BCUT2D eigenvalue weighted by Crippen LogP contribution is 2.37. The largest absolute Gasteiger partial charge is 0.446 e. The first kappa shape index (κ1) is 15.7. The number of halogens is 4. The molecule has 1 unspecified atom stereocenters. The van der Waals surface area contributed by atoms with Crippen molar-refractivity contribution >= 4 is 44.7 Å². The van der Waals surface area contributed by atoms with Gasteiger partial charge in [-0.25, -0.2) is 0 Å². The molecule has 7 heteroatoms. The van der Waals surface area contributed by atoms with Crippen molar-refractivity contribution in [1.29, 1.82) is 0 Å². The molecule has 0 spiro atoms. The van der Waals surface area contributed by atoms with Crippen LogP contribution in [0.4, 0.5) is 18.9 Å². The summed E-state index contributed by atoms with van der Waals surface area (Å²) in [5, 5.41) is 5.25. The molecule has 1 heterocycles. The molecule has 1 nitrogen and oxygen atoms in total. The van der Waals surface area contributed by atoms with Crippen LogP contribution in [0.3, 0.4) is 0 Å². The average molecular weight is 382 g/mol. The van der Waals surface area contributed by atoms with E-state index < -0.39 is 5.51 Å². The van der Waals surface area contributed by atoms with Gasteiger partial charge in [0, 0.05) is 19.9 Å². The maximum atomic E-state index is 12.2. The number of thiophene rings is 1. The van der Waals surface area contributed by atoms with Crippen LogP contribution < -0.4 is 5.32 Å². The number of alkyl halides is 3. The van der Waals surface area contributed by atoms with E-state index in [0.29, 0.717) is 0 Å². The summed E-state index contributed by atoms with van der Waals surface area (Å²) in [6, 6.07) is 8.32. The molecule has 0 aliphatic rings. The topological polar surface area (TPSA) is 12.0 Å². The van der Waals surface area contributed by atoms with Gasteiger partial charge in [0.2, 0.25) is 0 Å². The second kappa shape index (κ2) is 6.41. The summed E-state index contributed by atoms with van der Waals surface area (Å²) in [5.41, 5.74) is -3.45. The molecule has 0 bridgehead atoms. The number of rotatable bonds is 4. The van der Waals surface area contributed by atoms with E-state index in [4.69, 9.17) is 0 Å². The second-order valence-electron chi connectivity index (χ2n) is 4.07. The molecule has 1 N–H and O–H groups in total. The first-order valence-corrected chi connectivity index (χ1v) is 8.19. The molecule has 20 heavy (non-hydrogen) atoms. The van der Waals surface area contributed by atoms with Crippen LogP contribution >= 0.6 is 39.0 Å². The van der Waals surface area contributed by atoms with E-state index in [9.17, 15) is 13.2 Å². The Bertz CT molecular complexity index is 566. The number of nitrogens with one attached hydrogen (secondary N) is 1. The first-order valence-electron chi connectivity index (χ1n) is 5.70. The van der Waals surface area contributed by atoms with Crippen molar-refractivity contribution in [1.82, 2.24) is 0 Å². The summed E-state index contributed by atoms with van der Waals surface area (Å²) in [6.07, 6.45) is 0. The van der Waals surface area contributed by atoms with Crippen LogP contribution in [0, 0.1) is 0 Å². The maximum absolute atomic E-state index is 12.2. The maximum Gasteiger partial charge on any atom is 0.446 e. The normalized spacial score (nSPS) is 13.2. The van der Waals surface area contributed by atoms with Gasteiger partial charge < -0.3 is 5.32 Å². The third kappa shape index (κ3) is 4.43. The van der Waals surface area contributed by atoms with Crippen molar-refractivity contribution in [2.75, 3.05) is 5.32 Å². The van der Waals surface area contributed by atoms with Gasteiger partial charge in [-0.1, -0.05) is 0 Å². The molecule has 108 valence electrons. The minimum Gasteiger partial charge on any atom is -0.378 e. The van der Waals surface area contributed by atoms with E-state index in [0.717, 1.165) is 15.0 Å². The summed E-state index contributed by atoms with van der Waals surface area (Å²) in [4.78, 5) is 1.34. The number of benzene rings is 1. The fourth-order valence-corrected chi connectivity index (χ4v) is 3.95. The van der Waals surface area contributed by atoms with Gasteiger partial charge in [0.05, 0.1) is 6.04 Å². The Morgan fingerprint density at radius 1 is 1.20 bits per heavy atom. The van der Waals surface area contributed by atoms with Crippen molar-refractivity contribution in [3.63, 3.8) is 0 Å². The van der Waals surface area contributed by atoms with E-state index in [2.05, 4.69) is 21.2 Å². The van der Waals surface area contributed by atoms with Crippen molar-refractivity contribution < 1.29 is 13.2 Å². The molecular weight excluding hydrogens is 371 g/mol. The third-order valence-corrected chi connectivity index (χ3v) is 5.30. The van der Waals surface area contributed by atoms with Crippen molar-refractivity contribution in [2.45, 2.75) is 23.4 Å². The van der Waals surface area contributed by atoms with E-state index >= 15 is 0 Å². The molecule has 0 aliphatic heterocycles. The molecule has 0 saturated carbocycles. The van der Waals surface area contributed by atoms with Gasteiger partial charge in [-0.15, -0.1) is 11.3 Å². The standard InChI is InChI=1S/C13H11BrF3NS2/c1-8(12-11(14)6-7-19-12)18-9-2-4-10(5-3-9)20-13(15,16)17/h2-8,18H,1H3. The second-order valence-corrected chi connectivity index (χ2v) is 7.01. The van der Waals surface area contributed by atoms with Crippen LogP contribution in [0.1, 0.15) is 17.8 Å². The van der Waals surface area contributed by atoms with Gasteiger partial charge in [-0.3, -0.25) is 0 Å². The average Bonchev–Trinajstić information content (AvgIpc) is 2.76. The van der Waals surface area contributed by atoms with Crippen molar-refractivity contribution in [2.24, 2.45) is 0 Å². The van der Waals surface area contributed by atoms with E-state index in [1.54, 1.807) is 23.5 Å². The van der Waals surface area contributed by atoms with E-state index in [1.165, 1.54) is 12.1 Å². The van der Waals surface area contributed by atoms with E-state index in [1.807, 2.05) is 18.4 Å². The highest BCUT2D eigenvalue weighted by molar-refractivity contribution is 9.10. The summed E-state index contributed by atoms with van der Waals surface area (Å²) in [6.45, 7) is 2.01. The number of hydrogen-bond donors (Lipinski definition) is 1. The Balaban J connectivity index is 2.02. The summed E-state index contributed by atoms with van der Waals surface area (Å²) in [7, 11) is 0. The van der Waals surface area contributed by atoms with Gasteiger partial charge >= 0.3 is 5.51 Å². The van der Waals surface area contributed by atoms with E-state index in [-0.39, 0.29) is 22.7 Å². The monoisotopic (exact) mass is 381 g/mol. The van der Waals surface area contributed by atoms with Crippen LogP contribution in [0.15, 0.2) is 45.1 Å². The van der Waals surface area contributed by atoms with Crippen LogP contribution in [-0.2, 0) is 0 Å². The number of thioether (sulfide) groups is 1. The van der Waals surface area contributed by atoms with Crippen molar-refractivity contribution in [3.05, 3.63) is 45.1 Å². The summed E-state index contributed by atoms with van der Waals surface area (Å²) < 4.78 is 37.7. The van der Waals surface area contributed by atoms with Crippen LogP contribution in [0.5, 0.6) is 0 Å². The van der Waals surface area contributed by atoms with Gasteiger partial charge in [0.1, 0.15) is 0 Å². The van der Waals surface area contributed by atoms with Gasteiger partial charge in [0.25, 0.3) is 0 Å². The molecule has 2 aromatic rings. The lowest BCUT2D eigenvalue weighted by molar-refractivity contribution is -0.0328. The zero-order valence-corrected chi connectivity index (χ0v) is 13.6. The molecule has 2 rings (SSSR count). The Hall–Kier alpha value is -0.660. The molecule has 1 aromatic carbocycles. The Kier molecular flexibility index (Phi) is 5.04. The SMILES string of the molecule is CC(Nc1ccc(SC(F)(F)F)cc1)c1sccc1Br. The zero-order chi connectivity index (χ0) is 14.8. The van der Waals surface area contributed by atoms with Gasteiger partial charge in [-0.05, 0) is 70.3 Å². The lowest BCUT2D eigenvalue weighted by Gasteiger charge is -2.15. The quantitative estimate of drug-likeness (QED) is 0.623. The zero-order valence-electron chi connectivity index (χ0n) is 10.4. The molecule has 0 amide bonds. The van der Waals surface area contributed by atoms with Crippen molar-refractivity contribution in [3.8, 4) is 0 Å². The van der Waals surface area contributed by atoms with Gasteiger partial charge in [0.15, 0.2) is 0 Å². The molecule has 0 aliphatic carbocycles. The molecule has 0 radical (unpaired) electrons. The molecule has 1 aromatic heterocycles. The van der Waals surface area contributed by atoms with Crippen LogP contribution in [-0.4, -0.2) is 5.51 Å². The minimum atomic E-state index is -4.25. The fraction of sp³-hybridized carbons (Fsp3) is 0.231. The predicted molar refractivity (Wildman–Crippen MR) is 82.4 cm³/mol. The number of hydrogen-bond acceptors (Lipinski definition) is 3. The third-order valence-electron chi connectivity index (χ3n) is 2.51. The van der Waals surface area contributed by atoms with Crippen LogP contribution in [0.2, 0.25) is 0 Å². The summed E-state index contributed by atoms with van der Waals surface area (Å²) in [5.74, 6) is 0. The molecule has 0 fully saturated rings. The smallest absolute Gasteiger partial charge is 0.378 e. The Morgan fingerprint density at radius 3 is 2.35 bits per heavy atom.